The molecule has 7 nitrogen and oxygen atoms in total. The Balaban J connectivity index is 2.12. The molecule has 0 heterocycles. The maximum atomic E-state index is 12.3. The molecule has 2 rings (SSSR count). The molecule has 130 valence electrons. The van der Waals surface area contributed by atoms with Crippen molar-refractivity contribution < 1.29 is 19.2 Å². The fourth-order valence-corrected chi connectivity index (χ4v) is 2.23. The van der Waals surface area contributed by atoms with Gasteiger partial charge in [-0.15, -0.1) is 0 Å². The minimum atomic E-state index is -0.525. The van der Waals surface area contributed by atoms with Gasteiger partial charge in [-0.1, -0.05) is 13.0 Å². The number of anilines is 1. The van der Waals surface area contributed by atoms with Crippen molar-refractivity contribution in [2.75, 3.05) is 11.9 Å². The first kappa shape index (κ1) is 18.1. The average Bonchev–Trinajstić information content (AvgIpc) is 2.60. The van der Waals surface area contributed by atoms with E-state index in [1.54, 1.807) is 24.3 Å². The molecule has 1 N–H and O–H groups in total. The molecular formula is C18H18N2O5. The van der Waals surface area contributed by atoms with E-state index in [0.29, 0.717) is 23.4 Å². The molecular weight excluding hydrogens is 324 g/mol. The van der Waals surface area contributed by atoms with E-state index in [4.69, 9.17) is 4.74 Å². The summed E-state index contributed by atoms with van der Waals surface area (Å²) in [6.45, 7) is 3.78. The Morgan fingerprint density at radius 3 is 2.44 bits per heavy atom. The van der Waals surface area contributed by atoms with E-state index in [1.807, 2.05) is 6.92 Å². The molecule has 0 aliphatic heterocycles. The highest BCUT2D eigenvalue weighted by Gasteiger charge is 2.18. The first-order valence-corrected chi connectivity index (χ1v) is 7.76. The van der Waals surface area contributed by atoms with Gasteiger partial charge in [-0.25, -0.2) is 4.79 Å². The maximum Gasteiger partial charge on any atom is 0.338 e. The second-order valence-corrected chi connectivity index (χ2v) is 5.37. The van der Waals surface area contributed by atoms with Crippen LogP contribution >= 0.6 is 0 Å². The molecule has 0 atom stereocenters. The van der Waals surface area contributed by atoms with Crippen molar-refractivity contribution in [1.82, 2.24) is 0 Å². The molecule has 0 unspecified atom stereocenters. The van der Waals surface area contributed by atoms with E-state index in [1.165, 1.54) is 25.1 Å². The number of carbonyl (C=O) groups is 2. The molecule has 25 heavy (non-hydrogen) atoms. The average molecular weight is 342 g/mol. The summed E-state index contributed by atoms with van der Waals surface area (Å²) in [5.74, 6) is -0.878. The highest BCUT2D eigenvalue weighted by Crippen LogP contribution is 2.22. The van der Waals surface area contributed by atoms with Gasteiger partial charge in [-0.3, -0.25) is 14.9 Å². The molecule has 0 radical (unpaired) electrons. The number of nitro benzene ring substituents is 1. The second-order valence-electron chi connectivity index (χ2n) is 5.37. The smallest absolute Gasteiger partial charge is 0.338 e. The lowest BCUT2D eigenvalue weighted by Gasteiger charge is -2.09. The number of nitro groups is 1. The largest absolute Gasteiger partial charge is 0.462 e. The zero-order chi connectivity index (χ0) is 18.4. The van der Waals surface area contributed by atoms with Crippen molar-refractivity contribution in [1.29, 1.82) is 0 Å². The number of hydrogen-bond acceptors (Lipinski definition) is 5. The maximum absolute atomic E-state index is 12.3. The third kappa shape index (κ3) is 4.41. The van der Waals surface area contributed by atoms with E-state index in [2.05, 4.69) is 5.32 Å². The van der Waals surface area contributed by atoms with E-state index >= 15 is 0 Å². The summed E-state index contributed by atoms with van der Waals surface area (Å²) in [7, 11) is 0. The first-order valence-electron chi connectivity index (χ1n) is 7.76. The molecule has 0 aliphatic rings. The van der Waals surface area contributed by atoms with Crippen molar-refractivity contribution in [3.63, 3.8) is 0 Å². The van der Waals surface area contributed by atoms with Crippen LogP contribution in [-0.4, -0.2) is 23.4 Å². The molecule has 0 fully saturated rings. The van der Waals surface area contributed by atoms with E-state index < -0.39 is 16.8 Å². The fraction of sp³-hybridized carbons (Fsp3) is 0.222. The third-order valence-corrected chi connectivity index (χ3v) is 3.56. The summed E-state index contributed by atoms with van der Waals surface area (Å²) < 4.78 is 5.03. The predicted molar refractivity (Wildman–Crippen MR) is 92.8 cm³/mol. The lowest BCUT2D eigenvalue weighted by Crippen LogP contribution is -2.14. The Hall–Kier alpha value is -3.22. The summed E-state index contributed by atoms with van der Waals surface area (Å²) >= 11 is 0. The number of nitrogens with zero attached hydrogens (tertiary/aromatic N) is 1. The molecule has 0 aliphatic carbocycles. The second kappa shape index (κ2) is 8.05. The number of esters is 1. The van der Waals surface area contributed by atoms with Crippen molar-refractivity contribution >= 4 is 23.3 Å². The molecule has 0 saturated heterocycles. The van der Waals surface area contributed by atoms with Gasteiger partial charge in [0.25, 0.3) is 11.6 Å². The molecule has 0 bridgehead atoms. The Morgan fingerprint density at radius 2 is 1.84 bits per heavy atom. The Bertz CT molecular complexity index is 800. The number of benzene rings is 2. The zero-order valence-corrected chi connectivity index (χ0v) is 13.9. The van der Waals surface area contributed by atoms with Crippen molar-refractivity contribution in [3.05, 3.63) is 69.3 Å². The van der Waals surface area contributed by atoms with Gasteiger partial charge in [0.05, 0.1) is 17.1 Å². The van der Waals surface area contributed by atoms with Crippen LogP contribution in [0.1, 0.15) is 39.6 Å². The molecule has 2 aromatic carbocycles. The predicted octanol–water partition coefficient (Wildman–Crippen LogP) is 3.72. The van der Waals surface area contributed by atoms with Gasteiger partial charge in [0.2, 0.25) is 0 Å². The Labute approximate surface area is 144 Å². The normalized spacial score (nSPS) is 10.2. The van der Waals surface area contributed by atoms with Crippen LogP contribution in [0.3, 0.4) is 0 Å². The van der Waals surface area contributed by atoms with Gasteiger partial charge < -0.3 is 10.1 Å². The van der Waals surface area contributed by atoms with Crippen LogP contribution in [0, 0.1) is 17.0 Å². The molecule has 7 heteroatoms. The number of hydrogen-bond donors (Lipinski definition) is 1. The number of carbonyl (C=O) groups excluding carboxylic acids is 2. The summed E-state index contributed by atoms with van der Waals surface area (Å²) in [5, 5.41) is 13.6. The van der Waals surface area contributed by atoms with Gasteiger partial charge in [0.1, 0.15) is 0 Å². The van der Waals surface area contributed by atoms with E-state index in [0.717, 1.165) is 6.42 Å². The third-order valence-electron chi connectivity index (χ3n) is 3.56. The standard InChI is InChI=1S/C18H18N2O5/c1-3-11-25-18(22)13-7-9-14(10-8-13)19-17(21)15-5-4-6-16(12(15)2)20(23)24/h4-10H,3,11H2,1-2H3,(H,19,21). The van der Waals surface area contributed by atoms with Gasteiger partial charge >= 0.3 is 5.97 Å². The number of amides is 1. The number of rotatable bonds is 6. The minimum Gasteiger partial charge on any atom is -0.462 e. The van der Waals surface area contributed by atoms with Gasteiger partial charge in [0, 0.05) is 22.9 Å². The topological polar surface area (TPSA) is 98.5 Å². The summed E-state index contributed by atoms with van der Waals surface area (Å²) in [6, 6.07) is 10.6. The summed E-state index contributed by atoms with van der Waals surface area (Å²) in [6.07, 6.45) is 0.739. The number of ether oxygens (including phenoxy) is 1. The van der Waals surface area contributed by atoms with Crippen LogP contribution in [0.4, 0.5) is 11.4 Å². The van der Waals surface area contributed by atoms with Crippen LogP contribution in [0.15, 0.2) is 42.5 Å². The summed E-state index contributed by atoms with van der Waals surface area (Å²) in [5.41, 5.74) is 1.27. The fourth-order valence-electron chi connectivity index (χ4n) is 2.23. The minimum absolute atomic E-state index is 0.110. The van der Waals surface area contributed by atoms with Gasteiger partial charge in [-0.2, -0.15) is 0 Å². The molecule has 1 amide bonds. The first-order chi connectivity index (χ1) is 11.9. The van der Waals surface area contributed by atoms with Crippen molar-refractivity contribution in [3.8, 4) is 0 Å². The monoisotopic (exact) mass is 342 g/mol. The molecule has 0 spiro atoms. The van der Waals surface area contributed by atoms with E-state index in [9.17, 15) is 19.7 Å². The van der Waals surface area contributed by atoms with Crippen LogP contribution in [0.25, 0.3) is 0 Å². The molecule has 0 saturated carbocycles. The SMILES string of the molecule is CCCOC(=O)c1ccc(NC(=O)c2cccc([N+](=O)[O-])c2C)cc1. The van der Waals surface area contributed by atoms with Crippen molar-refractivity contribution in [2.24, 2.45) is 0 Å². The Morgan fingerprint density at radius 1 is 1.16 bits per heavy atom. The zero-order valence-electron chi connectivity index (χ0n) is 13.9. The molecule has 2 aromatic rings. The van der Waals surface area contributed by atoms with Gasteiger partial charge in [-0.05, 0) is 43.7 Å². The quantitative estimate of drug-likeness (QED) is 0.490. The highest BCUT2D eigenvalue weighted by molar-refractivity contribution is 6.06. The lowest BCUT2D eigenvalue weighted by molar-refractivity contribution is -0.385. The number of nitrogens with one attached hydrogen (secondary N) is 1. The van der Waals surface area contributed by atoms with Crippen LogP contribution < -0.4 is 5.32 Å². The van der Waals surface area contributed by atoms with Gasteiger partial charge in [0.15, 0.2) is 0 Å². The summed E-state index contributed by atoms with van der Waals surface area (Å²) in [4.78, 5) is 34.5. The van der Waals surface area contributed by atoms with Crippen LogP contribution in [-0.2, 0) is 4.74 Å². The lowest BCUT2D eigenvalue weighted by atomic mass is 10.1. The Kier molecular flexibility index (Phi) is 5.84. The van der Waals surface area contributed by atoms with E-state index in [-0.39, 0.29) is 11.3 Å². The van der Waals surface area contributed by atoms with Crippen molar-refractivity contribution in [2.45, 2.75) is 20.3 Å². The highest BCUT2D eigenvalue weighted by atomic mass is 16.6. The molecule has 0 aromatic heterocycles. The van der Waals surface area contributed by atoms with Crippen LogP contribution in [0.5, 0.6) is 0 Å². The van der Waals surface area contributed by atoms with Crippen LogP contribution in [0.2, 0.25) is 0 Å².